The van der Waals surface area contributed by atoms with Crippen LogP contribution in [0.15, 0.2) is 21.1 Å². The van der Waals surface area contributed by atoms with Crippen molar-refractivity contribution in [1.29, 1.82) is 0 Å². The molecule has 96 valence electrons. The Labute approximate surface area is 105 Å². The van der Waals surface area contributed by atoms with E-state index in [-0.39, 0.29) is 11.3 Å². The Morgan fingerprint density at radius 1 is 1.65 bits per heavy atom. The summed E-state index contributed by atoms with van der Waals surface area (Å²) in [5, 5.41) is 12.4. The monoisotopic (exact) mass is 257 g/mol. The molecule has 1 rings (SSSR count). The first kappa shape index (κ1) is 13.9. The van der Waals surface area contributed by atoms with Gasteiger partial charge in [0.15, 0.2) is 0 Å². The van der Waals surface area contributed by atoms with Gasteiger partial charge in [-0.2, -0.15) is 0 Å². The van der Waals surface area contributed by atoms with Gasteiger partial charge in [-0.15, -0.1) is 0 Å². The van der Waals surface area contributed by atoms with Crippen LogP contribution >= 0.6 is 11.8 Å². The van der Waals surface area contributed by atoms with Crippen LogP contribution in [0.2, 0.25) is 0 Å². The van der Waals surface area contributed by atoms with E-state index in [9.17, 15) is 0 Å². The van der Waals surface area contributed by atoms with E-state index in [0.717, 1.165) is 24.3 Å². The first-order chi connectivity index (χ1) is 7.95. The molecule has 1 aromatic heterocycles. The van der Waals surface area contributed by atoms with E-state index in [1.807, 2.05) is 20.8 Å². The van der Waals surface area contributed by atoms with Gasteiger partial charge in [-0.25, -0.2) is 4.98 Å². The van der Waals surface area contributed by atoms with Crippen molar-refractivity contribution in [2.24, 2.45) is 16.3 Å². The standard InChI is InChI=1S/C11H19N3O2S/c1-8-7-16-10(13-8)17-6-4-5-11(2,3)9(12)14-15/h7,15H,4-6H2,1-3H3,(H2,12,14). The van der Waals surface area contributed by atoms with E-state index in [4.69, 9.17) is 15.4 Å². The molecule has 0 aliphatic rings. The largest absolute Gasteiger partial charge is 0.440 e. The summed E-state index contributed by atoms with van der Waals surface area (Å²) >= 11 is 1.58. The van der Waals surface area contributed by atoms with Crippen molar-refractivity contribution in [2.45, 2.75) is 38.8 Å². The second-order valence-corrected chi connectivity index (χ2v) is 5.62. The molecular formula is C11H19N3O2S. The Morgan fingerprint density at radius 2 is 2.35 bits per heavy atom. The fourth-order valence-corrected chi connectivity index (χ4v) is 2.12. The van der Waals surface area contributed by atoms with Crippen molar-refractivity contribution in [1.82, 2.24) is 4.98 Å². The highest BCUT2D eigenvalue weighted by Gasteiger charge is 2.22. The fourth-order valence-electron chi connectivity index (χ4n) is 1.34. The zero-order valence-corrected chi connectivity index (χ0v) is 11.3. The van der Waals surface area contributed by atoms with Gasteiger partial charge in [-0.1, -0.05) is 30.8 Å². The van der Waals surface area contributed by atoms with Crippen LogP contribution in [0.4, 0.5) is 0 Å². The molecule has 0 atom stereocenters. The summed E-state index contributed by atoms with van der Waals surface area (Å²) in [6.45, 7) is 5.82. The van der Waals surface area contributed by atoms with E-state index >= 15 is 0 Å². The predicted octanol–water partition coefficient (Wildman–Crippen LogP) is 2.63. The second-order valence-electron chi connectivity index (χ2n) is 4.58. The van der Waals surface area contributed by atoms with Crippen LogP contribution in [0.3, 0.4) is 0 Å². The summed E-state index contributed by atoms with van der Waals surface area (Å²) in [6, 6.07) is 0. The predicted molar refractivity (Wildman–Crippen MR) is 68.4 cm³/mol. The number of nitrogens with two attached hydrogens (primary N) is 1. The van der Waals surface area contributed by atoms with Crippen LogP contribution < -0.4 is 5.73 Å². The Kier molecular flexibility index (Phi) is 4.86. The minimum Gasteiger partial charge on any atom is -0.440 e. The Balaban J connectivity index is 2.29. The number of oxime groups is 1. The molecular weight excluding hydrogens is 238 g/mol. The summed E-state index contributed by atoms with van der Waals surface area (Å²) < 4.78 is 5.23. The molecule has 1 heterocycles. The molecule has 6 heteroatoms. The first-order valence-electron chi connectivity index (χ1n) is 5.48. The number of hydrogen-bond acceptors (Lipinski definition) is 5. The highest BCUT2D eigenvalue weighted by molar-refractivity contribution is 7.99. The van der Waals surface area contributed by atoms with E-state index in [1.165, 1.54) is 0 Å². The van der Waals surface area contributed by atoms with Gasteiger partial charge in [0.25, 0.3) is 5.22 Å². The number of thioether (sulfide) groups is 1. The third-order valence-electron chi connectivity index (χ3n) is 2.57. The maximum atomic E-state index is 8.64. The SMILES string of the molecule is Cc1coc(SCCCC(C)(C)C(N)=NO)n1. The molecule has 0 spiro atoms. The van der Waals surface area contributed by atoms with Gasteiger partial charge in [0.2, 0.25) is 0 Å². The highest BCUT2D eigenvalue weighted by Crippen LogP contribution is 2.25. The molecule has 0 aliphatic carbocycles. The van der Waals surface area contributed by atoms with Gasteiger partial charge in [0.05, 0.1) is 5.69 Å². The number of oxazole rings is 1. The van der Waals surface area contributed by atoms with Gasteiger partial charge in [-0.3, -0.25) is 0 Å². The molecule has 5 nitrogen and oxygen atoms in total. The van der Waals surface area contributed by atoms with Crippen LogP contribution in [0, 0.1) is 12.3 Å². The summed E-state index contributed by atoms with van der Waals surface area (Å²) in [4.78, 5) is 4.20. The topological polar surface area (TPSA) is 84.6 Å². The fraction of sp³-hybridized carbons (Fsp3) is 0.636. The minimum atomic E-state index is -0.276. The zero-order chi connectivity index (χ0) is 12.9. The van der Waals surface area contributed by atoms with Crippen molar-refractivity contribution < 1.29 is 9.62 Å². The van der Waals surface area contributed by atoms with Crippen molar-refractivity contribution in [3.05, 3.63) is 12.0 Å². The molecule has 0 radical (unpaired) electrons. The van der Waals surface area contributed by atoms with Gasteiger partial charge in [-0.05, 0) is 19.8 Å². The molecule has 0 unspecified atom stereocenters. The summed E-state index contributed by atoms with van der Waals surface area (Å²) in [7, 11) is 0. The Morgan fingerprint density at radius 3 is 2.88 bits per heavy atom. The molecule has 0 amide bonds. The summed E-state index contributed by atoms with van der Waals surface area (Å²) in [5.41, 5.74) is 6.23. The number of hydrogen-bond donors (Lipinski definition) is 2. The number of amidine groups is 1. The van der Waals surface area contributed by atoms with E-state index in [2.05, 4.69) is 10.1 Å². The van der Waals surface area contributed by atoms with E-state index in [0.29, 0.717) is 5.22 Å². The van der Waals surface area contributed by atoms with Crippen molar-refractivity contribution in [3.63, 3.8) is 0 Å². The maximum absolute atomic E-state index is 8.64. The lowest BCUT2D eigenvalue weighted by Crippen LogP contribution is -2.31. The average molecular weight is 257 g/mol. The van der Waals surface area contributed by atoms with Crippen molar-refractivity contribution in [2.75, 3.05) is 5.75 Å². The molecule has 3 N–H and O–H groups in total. The quantitative estimate of drug-likeness (QED) is 0.204. The molecule has 0 saturated carbocycles. The van der Waals surface area contributed by atoms with E-state index in [1.54, 1.807) is 18.0 Å². The first-order valence-corrected chi connectivity index (χ1v) is 6.47. The van der Waals surface area contributed by atoms with Crippen molar-refractivity contribution in [3.8, 4) is 0 Å². The van der Waals surface area contributed by atoms with Crippen LogP contribution in [0.1, 0.15) is 32.4 Å². The molecule has 0 fully saturated rings. The second kappa shape index (κ2) is 5.95. The lowest BCUT2D eigenvalue weighted by Gasteiger charge is -2.22. The number of aromatic nitrogens is 1. The van der Waals surface area contributed by atoms with Crippen LogP contribution in [0.5, 0.6) is 0 Å². The Hall–Kier alpha value is -1.17. The smallest absolute Gasteiger partial charge is 0.255 e. The highest BCUT2D eigenvalue weighted by atomic mass is 32.2. The Bertz CT molecular complexity index is 388. The van der Waals surface area contributed by atoms with Crippen LogP contribution in [0.25, 0.3) is 0 Å². The number of nitrogens with zero attached hydrogens (tertiary/aromatic N) is 2. The van der Waals surface area contributed by atoms with Gasteiger partial charge in [0, 0.05) is 11.2 Å². The molecule has 0 aliphatic heterocycles. The molecule has 0 bridgehead atoms. The minimum absolute atomic E-state index is 0.273. The van der Waals surface area contributed by atoms with Crippen LogP contribution in [-0.2, 0) is 0 Å². The van der Waals surface area contributed by atoms with Crippen LogP contribution in [-0.4, -0.2) is 21.8 Å². The molecule has 1 aromatic rings. The average Bonchev–Trinajstić information content (AvgIpc) is 2.69. The maximum Gasteiger partial charge on any atom is 0.255 e. The van der Waals surface area contributed by atoms with Gasteiger partial charge in [0.1, 0.15) is 12.1 Å². The summed E-state index contributed by atoms with van der Waals surface area (Å²) in [6.07, 6.45) is 3.45. The van der Waals surface area contributed by atoms with E-state index < -0.39 is 0 Å². The lowest BCUT2D eigenvalue weighted by molar-refractivity contribution is 0.305. The third-order valence-corrected chi connectivity index (χ3v) is 3.50. The molecule has 0 saturated heterocycles. The lowest BCUT2D eigenvalue weighted by atomic mass is 9.87. The summed E-state index contributed by atoms with van der Waals surface area (Å²) in [5.74, 6) is 1.18. The molecule has 0 aromatic carbocycles. The van der Waals surface area contributed by atoms with Crippen molar-refractivity contribution >= 4 is 17.6 Å². The van der Waals surface area contributed by atoms with Gasteiger partial charge < -0.3 is 15.4 Å². The zero-order valence-electron chi connectivity index (χ0n) is 10.4. The molecule has 17 heavy (non-hydrogen) atoms. The number of rotatable bonds is 6. The van der Waals surface area contributed by atoms with Gasteiger partial charge >= 0.3 is 0 Å². The number of aryl methyl sites for hydroxylation is 1. The normalized spacial score (nSPS) is 13.0. The third kappa shape index (κ3) is 4.30.